The molecular weight excluding hydrogens is 252 g/mol. The van der Waals surface area contributed by atoms with E-state index in [1.165, 1.54) is 25.7 Å². The van der Waals surface area contributed by atoms with Crippen molar-refractivity contribution in [3.05, 3.63) is 22.8 Å². The van der Waals surface area contributed by atoms with Crippen molar-refractivity contribution < 1.29 is 0 Å². The Morgan fingerprint density at radius 2 is 2.33 bits per heavy atom. The highest BCUT2D eigenvalue weighted by molar-refractivity contribution is 9.10. The van der Waals surface area contributed by atoms with E-state index in [0.717, 1.165) is 17.0 Å². The fourth-order valence-electron chi connectivity index (χ4n) is 2.28. The third-order valence-corrected chi connectivity index (χ3v) is 3.53. The maximum Gasteiger partial charge on any atom is 0.130 e. The molecule has 0 bridgehead atoms. The molecule has 1 saturated heterocycles. The Morgan fingerprint density at radius 3 is 3.07 bits per heavy atom. The average molecular weight is 269 g/mol. The number of hydrogen-bond acceptors (Lipinski definition) is 2. The van der Waals surface area contributed by atoms with Gasteiger partial charge < -0.3 is 4.90 Å². The number of rotatable bonds is 2. The molecular formula is C12H17BrN2. The Morgan fingerprint density at radius 1 is 1.47 bits per heavy atom. The Kier molecular flexibility index (Phi) is 3.62. The highest BCUT2D eigenvalue weighted by atomic mass is 79.9. The van der Waals surface area contributed by atoms with Gasteiger partial charge in [0.05, 0.1) is 0 Å². The summed E-state index contributed by atoms with van der Waals surface area (Å²) in [5, 5.41) is 0. The number of hydrogen-bond donors (Lipinski definition) is 0. The fourth-order valence-corrected chi connectivity index (χ4v) is 2.62. The van der Waals surface area contributed by atoms with E-state index in [1.807, 2.05) is 6.07 Å². The van der Waals surface area contributed by atoms with Gasteiger partial charge in [0.15, 0.2) is 0 Å². The zero-order chi connectivity index (χ0) is 10.7. The molecule has 1 aromatic rings. The van der Waals surface area contributed by atoms with Crippen LogP contribution in [0.3, 0.4) is 0 Å². The SMILES string of the molecule is CCC1CCCCN1c1cccc(Br)n1. The molecule has 0 N–H and O–H groups in total. The zero-order valence-electron chi connectivity index (χ0n) is 9.12. The lowest BCUT2D eigenvalue weighted by Crippen LogP contribution is -2.39. The molecule has 1 aliphatic heterocycles. The summed E-state index contributed by atoms with van der Waals surface area (Å²) in [7, 11) is 0. The predicted octanol–water partition coefficient (Wildman–Crippen LogP) is 3.61. The first-order valence-corrected chi connectivity index (χ1v) is 6.49. The molecule has 0 spiro atoms. The molecule has 1 fully saturated rings. The van der Waals surface area contributed by atoms with Crippen LogP contribution in [0.2, 0.25) is 0 Å². The highest BCUT2D eigenvalue weighted by Crippen LogP contribution is 2.25. The first-order valence-electron chi connectivity index (χ1n) is 5.70. The summed E-state index contributed by atoms with van der Waals surface area (Å²) in [6.07, 6.45) is 5.19. The molecule has 0 radical (unpaired) electrons. The van der Waals surface area contributed by atoms with E-state index in [0.29, 0.717) is 6.04 Å². The van der Waals surface area contributed by atoms with Gasteiger partial charge in [-0.25, -0.2) is 4.98 Å². The molecule has 3 heteroatoms. The number of halogens is 1. The van der Waals surface area contributed by atoms with Crippen LogP contribution in [0.5, 0.6) is 0 Å². The van der Waals surface area contributed by atoms with E-state index in [1.54, 1.807) is 0 Å². The minimum absolute atomic E-state index is 0.681. The van der Waals surface area contributed by atoms with Crippen LogP contribution in [0.25, 0.3) is 0 Å². The van der Waals surface area contributed by atoms with Crippen molar-refractivity contribution in [1.82, 2.24) is 4.98 Å². The van der Waals surface area contributed by atoms with Crippen molar-refractivity contribution in [3.8, 4) is 0 Å². The summed E-state index contributed by atoms with van der Waals surface area (Å²) in [5.41, 5.74) is 0. The third kappa shape index (κ3) is 2.51. The van der Waals surface area contributed by atoms with Crippen molar-refractivity contribution in [3.63, 3.8) is 0 Å². The van der Waals surface area contributed by atoms with Gasteiger partial charge in [-0.2, -0.15) is 0 Å². The smallest absolute Gasteiger partial charge is 0.130 e. The minimum atomic E-state index is 0.681. The lowest BCUT2D eigenvalue weighted by molar-refractivity contribution is 0.446. The summed E-state index contributed by atoms with van der Waals surface area (Å²) in [4.78, 5) is 6.99. The predicted molar refractivity (Wildman–Crippen MR) is 67.2 cm³/mol. The van der Waals surface area contributed by atoms with E-state index in [2.05, 4.69) is 44.9 Å². The number of pyridine rings is 1. The van der Waals surface area contributed by atoms with Gasteiger partial charge in [-0.05, 0) is 53.7 Å². The van der Waals surface area contributed by atoms with Gasteiger partial charge in [-0.15, -0.1) is 0 Å². The number of aromatic nitrogens is 1. The van der Waals surface area contributed by atoms with E-state index < -0.39 is 0 Å². The van der Waals surface area contributed by atoms with Crippen LogP contribution in [0.15, 0.2) is 22.8 Å². The highest BCUT2D eigenvalue weighted by Gasteiger charge is 2.21. The first-order chi connectivity index (χ1) is 7.31. The topological polar surface area (TPSA) is 16.1 Å². The van der Waals surface area contributed by atoms with Crippen molar-refractivity contribution >= 4 is 21.7 Å². The van der Waals surface area contributed by atoms with E-state index in [4.69, 9.17) is 0 Å². The van der Waals surface area contributed by atoms with Gasteiger partial charge in [-0.3, -0.25) is 0 Å². The van der Waals surface area contributed by atoms with Gasteiger partial charge in [0.2, 0.25) is 0 Å². The standard InChI is InChI=1S/C12H17BrN2/c1-2-10-6-3-4-9-15(10)12-8-5-7-11(13)14-12/h5,7-8,10H,2-4,6,9H2,1H3. The average Bonchev–Trinajstić information content (AvgIpc) is 2.29. The lowest BCUT2D eigenvalue weighted by Gasteiger charge is -2.36. The van der Waals surface area contributed by atoms with Crippen LogP contribution in [-0.4, -0.2) is 17.6 Å². The van der Waals surface area contributed by atoms with Gasteiger partial charge in [0.25, 0.3) is 0 Å². The molecule has 1 atom stereocenters. The first kappa shape index (κ1) is 10.9. The van der Waals surface area contributed by atoms with Crippen molar-refractivity contribution in [1.29, 1.82) is 0 Å². The van der Waals surface area contributed by atoms with Crippen LogP contribution in [0.4, 0.5) is 5.82 Å². The van der Waals surface area contributed by atoms with Crippen LogP contribution in [-0.2, 0) is 0 Å². The van der Waals surface area contributed by atoms with Gasteiger partial charge in [0.1, 0.15) is 10.4 Å². The minimum Gasteiger partial charge on any atom is -0.354 e. The van der Waals surface area contributed by atoms with Gasteiger partial charge in [0, 0.05) is 12.6 Å². The molecule has 0 aliphatic carbocycles. The molecule has 0 amide bonds. The van der Waals surface area contributed by atoms with E-state index >= 15 is 0 Å². The lowest BCUT2D eigenvalue weighted by atomic mass is 10.00. The number of piperidine rings is 1. The van der Waals surface area contributed by atoms with E-state index in [9.17, 15) is 0 Å². The molecule has 0 saturated carbocycles. The number of nitrogens with zero attached hydrogens (tertiary/aromatic N) is 2. The largest absolute Gasteiger partial charge is 0.354 e. The molecule has 1 aromatic heterocycles. The normalized spacial score (nSPS) is 21.7. The van der Waals surface area contributed by atoms with Crippen LogP contribution < -0.4 is 4.90 Å². The number of anilines is 1. The Balaban J connectivity index is 2.20. The van der Waals surface area contributed by atoms with Crippen LogP contribution in [0, 0.1) is 0 Å². The van der Waals surface area contributed by atoms with Gasteiger partial charge in [-0.1, -0.05) is 13.0 Å². The molecule has 1 aliphatic rings. The summed E-state index contributed by atoms with van der Waals surface area (Å²) in [6.45, 7) is 3.42. The molecule has 1 unspecified atom stereocenters. The molecule has 2 nitrogen and oxygen atoms in total. The summed E-state index contributed by atoms with van der Waals surface area (Å²) in [6, 6.07) is 6.83. The molecule has 15 heavy (non-hydrogen) atoms. The van der Waals surface area contributed by atoms with Crippen molar-refractivity contribution in [2.45, 2.75) is 38.6 Å². The second-order valence-electron chi connectivity index (χ2n) is 4.07. The zero-order valence-corrected chi connectivity index (χ0v) is 10.7. The van der Waals surface area contributed by atoms with Crippen molar-refractivity contribution in [2.24, 2.45) is 0 Å². The summed E-state index contributed by atoms with van der Waals surface area (Å²) in [5.74, 6) is 1.12. The molecule has 2 rings (SSSR count). The molecule has 82 valence electrons. The Labute approximate surface area is 99.8 Å². The maximum absolute atomic E-state index is 4.54. The van der Waals surface area contributed by atoms with Crippen LogP contribution >= 0.6 is 15.9 Å². The van der Waals surface area contributed by atoms with E-state index in [-0.39, 0.29) is 0 Å². The second kappa shape index (κ2) is 4.97. The second-order valence-corrected chi connectivity index (χ2v) is 4.88. The molecule has 2 heterocycles. The molecule has 0 aromatic carbocycles. The monoisotopic (exact) mass is 268 g/mol. The Hall–Kier alpha value is -0.570. The summed E-state index contributed by atoms with van der Waals surface area (Å²) < 4.78 is 0.931. The van der Waals surface area contributed by atoms with Gasteiger partial charge >= 0.3 is 0 Å². The third-order valence-electron chi connectivity index (χ3n) is 3.09. The quantitative estimate of drug-likeness (QED) is 0.762. The fraction of sp³-hybridized carbons (Fsp3) is 0.583. The van der Waals surface area contributed by atoms with Crippen LogP contribution in [0.1, 0.15) is 32.6 Å². The summed E-state index contributed by atoms with van der Waals surface area (Å²) >= 11 is 3.43. The van der Waals surface area contributed by atoms with Crippen molar-refractivity contribution in [2.75, 3.05) is 11.4 Å². The maximum atomic E-state index is 4.54. The Bertz CT molecular complexity index is 327.